The number of rotatable bonds is 6. The highest BCUT2D eigenvalue weighted by molar-refractivity contribution is 5.18. The van der Waals surface area contributed by atoms with Crippen LogP contribution in [0.25, 0.3) is 0 Å². The predicted octanol–water partition coefficient (Wildman–Crippen LogP) is 2.84. The smallest absolute Gasteiger partial charge is 0.0645 e. The first-order valence-electron chi connectivity index (χ1n) is 7.74. The van der Waals surface area contributed by atoms with Crippen LogP contribution < -0.4 is 5.32 Å². The standard InChI is InChI=1S/C17H28N2O/c1-4-18-16(15-8-6-5-7-9-15)10-11-19-12-13-20-14-17(19,2)3/h5-9,16,18H,4,10-14H2,1-3H3. The van der Waals surface area contributed by atoms with E-state index in [-0.39, 0.29) is 5.54 Å². The minimum Gasteiger partial charge on any atom is -0.378 e. The lowest BCUT2D eigenvalue weighted by molar-refractivity contribution is -0.0521. The van der Waals surface area contributed by atoms with Crippen LogP contribution in [0.5, 0.6) is 0 Å². The topological polar surface area (TPSA) is 24.5 Å². The van der Waals surface area contributed by atoms with Gasteiger partial charge < -0.3 is 10.1 Å². The number of ether oxygens (including phenoxy) is 1. The van der Waals surface area contributed by atoms with Crippen molar-refractivity contribution in [2.24, 2.45) is 0 Å². The summed E-state index contributed by atoms with van der Waals surface area (Å²) >= 11 is 0. The van der Waals surface area contributed by atoms with Crippen LogP contribution in [-0.4, -0.2) is 43.3 Å². The van der Waals surface area contributed by atoms with Gasteiger partial charge in [0, 0.05) is 24.7 Å². The molecule has 0 bridgehead atoms. The van der Waals surface area contributed by atoms with Crippen molar-refractivity contribution in [2.75, 3.05) is 32.8 Å². The first kappa shape index (κ1) is 15.5. The highest BCUT2D eigenvalue weighted by Gasteiger charge is 2.30. The van der Waals surface area contributed by atoms with Crippen LogP contribution in [0.2, 0.25) is 0 Å². The molecule has 1 unspecified atom stereocenters. The van der Waals surface area contributed by atoms with Gasteiger partial charge in [-0.05, 0) is 32.4 Å². The van der Waals surface area contributed by atoms with Crippen molar-refractivity contribution in [3.8, 4) is 0 Å². The fourth-order valence-electron chi connectivity index (χ4n) is 2.91. The Morgan fingerprint density at radius 2 is 2.05 bits per heavy atom. The van der Waals surface area contributed by atoms with E-state index in [2.05, 4.69) is 61.3 Å². The largest absolute Gasteiger partial charge is 0.378 e. The summed E-state index contributed by atoms with van der Waals surface area (Å²) in [7, 11) is 0. The van der Waals surface area contributed by atoms with Crippen LogP contribution in [0.3, 0.4) is 0 Å². The van der Waals surface area contributed by atoms with Crippen molar-refractivity contribution >= 4 is 0 Å². The highest BCUT2D eigenvalue weighted by Crippen LogP contribution is 2.22. The lowest BCUT2D eigenvalue weighted by Gasteiger charge is -2.42. The van der Waals surface area contributed by atoms with Crippen LogP contribution >= 0.6 is 0 Å². The summed E-state index contributed by atoms with van der Waals surface area (Å²) < 4.78 is 5.60. The molecule has 0 spiro atoms. The Bertz CT molecular complexity index is 391. The number of benzene rings is 1. The Kier molecular flexibility index (Phi) is 5.58. The first-order valence-corrected chi connectivity index (χ1v) is 7.74. The van der Waals surface area contributed by atoms with Gasteiger partial charge in [-0.1, -0.05) is 37.3 Å². The summed E-state index contributed by atoms with van der Waals surface area (Å²) in [6.45, 7) is 11.6. The van der Waals surface area contributed by atoms with Crippen LogP contribution in [0.15, 0.2) is 30.3 Å². The summed E-state index contributed by atoms with van der Waals surface area (Å²) in [6, 6.07) is 11.2. The fraction of sp³-hybridized carbons (Fsp3) is 0.647. The van der Waals surface area contributed by atoms with Gasteiger partial charge in [0.15, 0.2) is 0 Å². The van der Waals surface area contributed by atoms with Gasteiger partial charge in [-0.3, -0.25) is 4.90 Å². The van der Waals surface area contributed by atoms with E-state index < -0.39 is 0 Å². The van der Waals surface area contributed by atoms with E-state index in [9.17, 15) is 0 Å². The van der Waals surface area contributed by atoms with Crippen molar-refractivity contribution in [3.05, 3.63) is 35.9 Å². The van der Waals surface area contributed by atoms with Crippen molar-refractivity contribution in [1.82, 2.24) is 10.2 Å². The zero-order valence-corrected chi connectivity index (χ0v) is 13.1. The lowest BCUT2D eigenvalue weighted by atomic mass is 9.99. The lowest BCUT2D eigenvalue weighted by Crippen LogP contribution is -2.53. The van der Waals surface area contributed by atoms with Gasteiger partial charge in [0.05, 0.1) is 13.2 Å². The van der Waals surface area contributed by atoms with E-state index in [0.29, 0.717) is 6.04 Å². The van der Waals surface area contributed by atoms with Gasteiger partial charge in [-0.2, -0.15) is 0 Å². The molecule has 0 amide bonds. The maximum Gasteiger partial charge on any atom is 0.0645 e. The zero-order valence-electron chi connectivity index (χ0n) is 13.1. The third-order valence-corrected chi connectivity index (χ3v) is 4.16. The van der Waals surface area contributed by atoms with Gasteiger partial charge >= 0.3 is 0 Å². The number of nitrogens with one attached hydrogen (secondary N) is 1. The number of morpholine rings is 1. The monoisotopic (exact) mass is 276 g/mol. The SMILES string of the molecule is CCNC(CCN1CCOCC1(C)C)c1ccccc1. The third-order valence-electron chi connectivity index (χ3n) is 4.16. The summed E-state index contributed by atoms with van der Waals surface area (Å²) in [5, 5.41) is 3.61. The van der Waals surface area contributed by atoms with Crippen molar-refractivity contribution < 1.29 is 4.74 Å². The maximum absolute atomic E-state index is 5.60. The Morgan fingerprint density at radius 1 is 1.30 bits per heavy atom. The second-order valence-corrected chi connectivity index (χ2v) is 6.16. The molecular formula is C17H28N2O. The quantitative estimate of drug-likeness (QED) is 0.864. The molecule has 1 N–H and O–H groups in total. The second-order valence-electron chi connectivity index (χ2n) is 6.16. The van der Waals surface area contributed by atoms with E-state index >= 15 is 0 Å². The molecule has 112 valence electrons. The average molecular weight is 276 g/mol. The highest BCUT2D eigenvalue weighted by atomic mass is 16.5. The molecule has 20 heavy (non-hydrogen) atoms. The van der Waals surface area contributed by atoms with Gasteiger partial charge in [0.25, 0.3) is 0 Å². The molecule has 1 fully saturated rings. The maximum atomic E-state index is 5.60. The number of hydrogen-bond acceptors (Lipinski definition) is 3. The second kappa shape index (κ2) is 7.21. The molecule has 1 atom stereocenters. The summed E-state index contributed by atoms with van der Waals surface area (Å²) in [4.78, 5) is 2.56. The Labute approximate surface area is 123 Å². The molecule has 1 aliphatic rings. The van der Waals surface area contributed by atoms with Crippen molar-refractivity contribution in [1.29, 1.82) is 0 Å². The van der Waals surface area contributed by atoms with E-state index in [0.717, 1.165) is 39.3 Å². The van der Waals surface area contributed by atoms with Crippen LogP contribution in [0.1, 0.15) is 38.8 Å². The molecule has 1 aliphatic heterocycles. The number of nitrogens with zero attached hydrogens (tertiary/aromatic N) is 1. The van der Waals surface area contributed by atoms with Gasteiger partial charge in [-0.25, -0.2) is 0 Å². The Morgan fingerprint density at radius 3 is 2.70 bits per heavy atom. The minimum absolute atomic E-state index is 0.158. The molecular weight excluding hydrogens is 248 g/mol. The van der Waals surface area contributed by atoms with Crippen LogP contribution in [-0.2, 0) is 4.74 Å². The summed E-state index contributed by atoms with van der Waals surface area (Å²) in [5.74, 6) is 0. The minimum atomic E-state index is 0.158. The Hall–Kier alpha value is -0.900. The van der Waals surface area contributed by atoms with E-state index in [4.69, 9.17) is 4.74 Å². The van der Waals surface area contributed by atoms with Crippen LogP contribution in [0, 0.1) is 0 Å². The van der Waals surface area contributed by atoms with Gasteiger partial charge in [-0.15, -0.1) is 0 Å². The van der Waals surface area contributed by atoms with Gasteiger partial charge in [0.1, 0.15) is 0 Å². The Balaban J connectivity index is 1.95. The third kappa shape index (κ3) is 4.05. The molecule has 1 aromatic carbocycles. The van der Waals surface area contributed by atoms with Crippen LogP contribution in [0.4, 0.5) is 0 Å². The number of hydrogen-bond donors (Lipinski definition) is 1. The molecule has 0 aliphatic carbocycles. The summed E-state index contributed by atoms with van der Waals surface area (Å²) in [5.41, 5.74) is 1.55. The molecule has 1 saturated heterocycles. The molecule has 3 heteroatoms. The molecule has 1 aromatic rings. The zero-order chi connectivity index (χ0) is 14.4. The van der Waals surface area contributed by atoms with Crippen molar-refractivity contribution in [3.63, 3.8) is 0 Å². The summed E-state index contributed by atoms with van der Waals surface area (Å²) in [6.07, 6.45) is 1.14. The molecule has 1 heterocycles. The van der Waals surface area contributed by atoms with Crippen molar-refractivity contribution in [2.45, 2.75) is 38.8 Å². The normalized spacial score (nSPS) is 20.8. The van der Waals surface area contributed by atoms with E-state index in [1.165, 1.54) is 5.56 Å². The molecule has 3 nitrogen and oxygen atoms in total. The molecule has 0 aromatic heterocycles. The molecule has 0 saturated carbocycles. The van der Waals surface area contributed by atoms with E-state index in [1.54, 1.807) is 0 Å². The average Bonchev–Trinajstić information content (AvgIpc) is 2.45. The van der Waals surface area contributed by atoms with E-state index in [1.807, 2.05) is 0 Å². The molecule has 2 rings (SSSR count). The first-order chi connectivity index (χ1) is 9.63. The molecule has 0 radical (unpaired) electrons. The fourth-order valence-corrected chi connectivity index (χ4v) is 2.91. The van der Waals surface area contributed by atoms with Gasteiger partial charge in [0.2, 0.25) is 0 Å². The predicted molar refractivity (Wildman–Crippen MR) is 83.9 cm³/mol.